The summed E-state index contributed by atoms with van der Waals surface area (Å²) in [5.41, 5.74) is 1.95. The lowest BCUT2D eigenvalue weighted by Gasteiger charge is -2.09. The molecule has 0 aliphatic heterocycles. The Labute approximate surface area is 177 Å². The Bertz CT molecular complexity index is 1260. The molecule has 31 heavy (non-hydrogen) atoms. The number of halogens is 2. The van der Waals surface area contributed by atoms with Crippen molar-refractivity contribution in [2.45, 2.75) is 6.92 Å². The summed E-state index contributed by atoms with van der Waals surface area (Å²) in [7, 11) is 0. The van der Waals surface area contributed by atoms with Crippen LogP contribution in [0.1, 0.15) is 16.1 Å². The molecule has 0 radical (unpaired) electrons. The molecular formula is C23H17F2N5O. The molecule has 0 bridgehead atoms. The molecule has 0 unspecified atom stereocenters. The topological polar surface area (TPSA) is 79.8 Å². The number of hydrogen-bond donors (Lipinski definition) is 2. The van der Waals surface area contributed by atoms with Gasteiger partial charge in [-0.05, 0) is 55.5 Å². The second-order valence-electron chi connectivity index (χ2n) is 6.76. The molecule has 0 spiro atoms. The lowest BCUT2D eigenvalue weighted by Crippen LogP contribution is -2.12. The molecule has 0 aliphatic rings. The summed E-state index contributed by atoms with van der Waals surface area (Å²) in [5, 5.41) is 5.77. The van der Waals surface area contributed by atoms with E-state index in [4.69, 9.17) is 0 Å². The smallest absolute Gasteiger partial charge is 0.255 e. The maximum Gasteiger partial charge on any atom is 0.255 e. The maximum absolute atomic E-state index is 14.1. The number of aryl methyl sites for hydroxylation is 1. The van der Waals surface area contributed by atoms with E-state index < -0.39 is 17.5 Å². The molecule has 0 atom stereocenters. The normalized spacial score (nSPS) is 10.5. The number of nitrogens with one attached hydrogen (secondary N) is 2. The highest BCUT2D eigenvalue weighted by atomic mass is 19.1. The van der Waals surface area contributed by atoms with Crippen LogP contribution in [0.4, 0.5) is 26.1 Å². The number of aromatic nitrogens is 3. The van der Waals surface area contributed by atoms with Gasteiger partial charge in [-0.3, -0.25) is 9.78 Å². The third-order valence-electron chi connectivity index (χ3n) is 4.40. The quantitative estimate of drug-likeness (QED) is 0.471. The number of anilines is 3. The van der Waals surface area contributed by atoms with Gasteiger partial charge < -0.3 is 10.6 Å². The van der Waals surface area contributed by atoms with Gasteiger partial charge in [-0.1, -0.05) is 6.07 Å². The van der Waals surface area contributed by atoms with Crippen LogP contribution in [0.5, 0.6) is 0 Å². The molecule has 0 aliphatic carbocycles. The SMILES string of the molecule is Cc1cccc(Nc2cc(C(=O)Nc3cncc(-c4cc(F)ccc4F)c3)ccn2)n1. The van der Waals surface area contributed by atoms with E-state index in [-0.39, 0.29) is 5.56 Å². The van der Waals surface area contributed by atoms with Gasteiger partial charge >= 0.3 is 0 Å². The van der Waals surface area contributed by atoms with Crippen LogP contribution in [-0.4, -0.2) is 20.9 Å². The fourth-order valence-corrected chi connectivity index (χ4v) is 2.96. The molecule has 0 fully saturated rings. The van der Waals surface area contributed by atoms with E-state index in [1.807, 2.05) is 19.1 Å². The number of hydrogen-bond acceptors (Lipinski definition) is 5. The van der Waals surface area contributed by atoms with Gasteiger partial charge in [0.15, 0.2) is 0 Å². The minimum absolute atomic E-state index is 0.0599. The fraction of sp³-hybridized carbons (Fsp3) is 0.0435. The zero-order chi connectivity index (χ0) is 21.8. The number of rotatable bonds is 5. The highest BCUT2D eigenvalue weighted by Crippen LogP contribution is 2.25. The summed E-state index contributed by atoms with van der Waals surface area (Å²) < 4.78 is 27.6. The Morgan fingerprint density at radius 1 is 0.968 bits per heavy atom. The summed E-state index contributed by atoms with van der Waals surface area (Å²) in [4.78, 5) is 25.3. The summed E-state index contributed by atoms with van der Waals surface area (Å²) in [6.07, 6.45) is 4.33. The van der Waals surface area contributed by atoms with Gasteiger partial charge in [-0.25, -0.2) is 18.7 Å². The van der Waals surface area contributed by atoms with Crippen molar-refractivity contribution >= 4 is 23.2 Å². The molecule has 3 heterocycles. The molecule has 4 aromatic rings. The minimum Gasteiger partial charge on any atom is -0.325 e. The molecule has 0 saturated heterocycles. The first-order valence-electron chi connectivity index (χ1n) is 9.36. The van der Waals surface area contributed by atoms with Crippen LogP contribution in [0.3, 0.4) is 0 Å². The summed E-state index contributed by atoms with van der Waals surface area (Å²) in [6.45, 7) is 1.88. The molecule has 1 aromatic carbocycles. The van der Waals surface area contributed by atoms with Crippen LogP contribution in [0.25, 0.3) is 11.1 Å². The number of benzene rings is 1. The van der Waals surface area contributed by atoms with Crippen molar-refractivity contribution in [1.29, 1.82) is 0 Å². The molecular weight excluding hydrogens is 400 g/mol. The summed E-state index contributed by atoms with van der Waals surface area (Å²) in [6, 6.07) is 13.4. The zero-order valence-corrected chi connectivity index (χ0v) is 16.4. The zero-order valence-electron chi connectivity index (χ0n) is 16.4. The van der Waals surface area contributed by atoms with Gasteiger partial charge in [0, 0.05) is 34.8 Å². The van der Waals surface area contributed by atoms with Gasteiger partial charge in [-0.2, -0.15) is 0 Å². The summed E-state index contributed by atoms with van der Waals surface area (Å²) in [5.74, 6) is -0.480. The average Bonchev–Trinajstić information content (AvgIpc) is 2.76. The van der Waals surface area contributed by atoms with Crippen molar-refractivity contribution in [3.05, 3.63) is 96.1 Å². The van der Waals surface area contributed by atoms with Crippen molar-refractivity contribution in [1.82, 2.24) is 15.0 Å². The van der Waals surface area contributed by atoms with Crippen LogP contribution in [0.15, 0.2) is 73.2 Å². The first kappa shape index (κ1) is 20.1. The first-order valence-corrected chi connectivity index (χ1v) is 9.36. The van der Waals surface area contributed by atoms with Gasteiger partial charge in [0.05, 0.1) is 11.9 Å². The van der Waals surface area contributed by atoms with Gasteiger partial charge in [-0.15, -0.1) is 0 Å². The van der Waals surface area contributed by atoms with E-state index >= 15 is 0 Å². The Morgan fingerprint density at radius 2 is 1.84 bits per heavy atom. The largest absolute Gasteiger partial charge is 0.325 e. The van der Waals surface area contributed by atoms with E-state index in [0.29, 0.717) is 28.5 Å². The third kappa shape index (κ3) is 4.87. The second-order valence-corrected chi connectivity index (χ2v) is 6.76. The standard InChI is InChI=1S/C23H17F2N5O/c1-14-3-2-4-21(28-14)30-22-10-15(7-8-27-22)23(31)29-18-9-16(12-26-13-18)19-11-17(24)5-6-20(19)25/h2-13H,1H3,(H,29,31)(H,27,28,30). The maximum atomic E-state index is 14.1. The molecule has 0 saturated carbocycles. The second kappa shape index (κ2) is 8.66. The Morgan fingerprint density at radius 3 is 2.68 bits per heavy atom. The minimum atomic E-state index is -0.582. The van der Waals surface area contributed by atoms with Crippen molar-refractivity contribution in [2.75, 3.05) is 10.6 Å². The van der Waals surface area contributed by atoms with E-state index in [1.165, 1.54) is 24.7 Å². The van der Waals surface area contributed by atoms with E-state index in [2.05, 4.69) is 25.6 Å². The number of nitrogens with zero attached hydrogens (tertiary/aromatic N) is 3. The van der Waals surface area contributed by atoms with Crippen LogP contribution < -0.4 is 10.6 Å². The number of carbonyl (C=O) groups is 1. The van der Waals surface area contributed by atoms with E-state index in [9.17, 15) is 13.6 Å². The molecule has 2 N–H and O–H groups in total. The van der Waals surface area contributed by atoms with Crippen molar-refractivity contribution in [3.8, 4) is 11.1 Å². The van der Waals surface area contributed by atoms with Crippen LogP contribution >= 0.6 is 0 Å². The molecule has 4 rings (SSSR count). The predicted octanol–water partition coefficient (Wildman–Crippen LogP) is 5.12. The third-order valence-corrected chi connectivity index (χ3v) is 4.40. The highest BCUT2D eigenvalue weighted by molar-refractivity contribution is 6.04. The number of amides is 1. The van der Waals surface area contributed by atoms with E-state index in [0.717, 1.165) is 23.9 Å². The van der Waals surface area contributed by atoms with Crippen molar-refractivity contribution < 1.29 is 13.6 Å². The summed E-state index contributed by atoms with van der Waals surface area (Å²) >= 11 is 0. The Balaban J connectivity index is 1.53. The molecule has 3 aromatic heterocycles. The van der Waals surface area contributed by atoms with Crippen molar-refractivity contribution in [2.24, 2.45) is 0 Å². The monoisotopic (exact) mass is 417 g/mol. The average molecular weight is 417 g/mol. The first-order chi connectivity index (χ1) is 15.0. The van der Waals surface area contributed by atoms with Gasteiger partial charge in [0.1, 0.15) is 23.3 Å². The van der Waals surface area contributed by atoms with Crippen LogP contribution in [-0.2, 0) is 0 Å². The van der Waals surface area contributed by atoms with E-state index in [1.54, 1.807) is 18.2 Å². The molecule has 8 heteroatoms. The predicted molar refractivity (Wildman–Crippen MR) is 114 cm³/mol. The van der Waals surface area contributed by atoms with Crippen LogP contribution in [0, 0.1) is 18.6 Å². The fourth-order valence-electron chi connectivity index (χ4n) is 2.96. The molecule has 154 valence electrons. The van der Waals surface area contributed by atoms with Crippen LogP contribution in [0.2, 0.25) is 0 Å². The number of pyridine rings is 3. The van der Waals surface area contributed by atoms with Crippen molar-refractivity contribution in [3.63, 3.8) is 0 Å². The lowest BCUT2D eigenvalue weighted by atomic mass is 10.1. The molecule has 1 amide bonds. The Hall–Kier alpha value is -4.20. The number of carbonyl (C=O) groups excluding carboxylic acids is 1. The van der Waals surface area contributed by atoms with Gasteiger partial charge in [0.25, 0.3) is 5.91 Å². The molecule has 6 nitrogen and oxygen atoms in total. The van der Waals surface area contributed by atoms with Gasteiger partial charge in [0.2, 0.25) is 0 Å². The lowest BCUT2D eigenvalue weighted by molar-refractivity contribution is 0.102. The highest BCUT2D eigenvalue weighted by Gasteiger charge is 2.11. The Kier molecular flexibility index (Phi) is 5.61.